The Morgan fingerprint density at radius 1 is 0.289 bits per heavy atom. The Labute approximate surface area is 219 Å². The predicted octanol–water partition coefficient (Wildman–Crippen LogP) is 9.84. The number of hydrogen-bond acceptors (Lipinski definition) is 1. The fourth-order valence-corrected chi connectivity index (χ4v) is 6.44. The molecule has 0 fully saturated rings. The number of carbonyl (C=O) groups is 1. The first-order valence-corrected chi connectivity index (χ1v) is 13.0. The second kappa shape index (κ2) is 7.99. The van der Waals surface area contributed by atoms with Crippen LogP contribution in [0.1, 0.15) is 15.9 Å². The smallest absolute Gasteiger partial charge is 0.194 e. The van der Waals surface area contributed by atoms with E-state index >= 15 is 0 Å². The van der Waals surface area contributed by atoms with Gasteiger partial charge in [0.15, 0.2) is 5.78 Å². The third-order valence-electron chi connectivity index (χ3n) is 8.03. The molecule has 0 bridgehead atoms. The Bertz CT molecular complexity index is 2000. The van der Waals surface area contributed by atoms with Crippen molar-refractivity contribution in [2.24, 2.45) is 0 Å². The van der Waals surface area contributed by atoms with Crippen LogP contribution in [0.3, 0.4) is 0 Å². The van der Waals surface area contributed by atoms with Gasteiger partial charge in [0.25, 0.3) is 0 Å². The van der Waals surface area contributed by atoms with Gasteiger partial charge < -0.3 is 0 Å². The van der Waals surface area contributed by atoms with E-state index in [-0.39, 0.29) is 5.78 Å². The average Bonchev–Trinajstić information content (AvgIpc) is 3.00. The van der Waals surface area contributed by atoms with Gasteiger partial charge in [-0.1, -0.05) is 133 Å². The number of rotatable bonds is 2. The lowest BCUT2D eigenvalue weighted by Crippen LogP contribution is -2.04. The maximum absolute atomic E-state index is 14.6. The number of hydrogen-bond donors (Lipinski definition) is 0. The van der Waals surface area contributed by atoms with E-state index in [0.717, 1.165) is 43.4 Å². The Hall–Kier alpha value is -5.01. The van der Waals surface area contributed by atoms with Gasteiger partial charge in [-0.3, -0.25) is 4.79 Å². The zero-order valence-corrected chi connectivity index (χ0v) is 20.6. The van der Waals surface area contributed by atoms with E-state index in [1.165, 1.54) is 32.3 Å². The minimum Gasteiger partial charge on any atom is -0.289 e. The molecule has 0 saturated carbocycles. The summed E-state index contributed by atoms with van der Waals surface area (Å²) in [6, 6.07) is 46.2. The van der Waals surface area contributed by atoms with E-state index in [4.69, 9.17) is 0 Å². The molecule has 0 heterocycles. The van der Waals surface area contributed by atoms with Crippen LogP contribution < -0.4 is 0 Å². The third-order valence-corrected chi connectivity index (χ3v) is 8.03. The summed E-state index contributed by atoms with van der Waals surface area (Å²) in [6.07, 6.45) is 0. The van der Waals surface area contributed by atoms with Crippen molar-refractivity contribution in [1.82, 2.24) is 0 Å². The van der Waals surface area contributed by atoms with Crippen molar-refractivity contribution in [1.29, 1.82) is 0 Å². The van der Waals surface area contributed by atoms with Crippen molar-refractivity contribution < 1.29 is 4.79 Å². The lowest BCUT2D eigenvalue weighted by molar-refractivity contribution is 0.104. The van der Waals surface area contributed by atoms with Crippen LogP contribution in [0.15, 0.2) is 133 Å². The van der Waals surface area contributed by atoms with Crippen molar-refractivity contribution in [3.05, 3.63) is 145 Å². The first-order valence-electron chi connectivity index (χ1n) is 13.0. The molecule has 0 aliphatic carbocycles. The van der Waals surface area contributed by atoms with Crippen LogP contribution in [0.4, 0.5) is 0 Å². The molecule has 0 aliphatic rings. The number of ketones is 1. The van der Waals surface area contributed by atoms with E-state index in [9.17, 15) is 4.79 Å². The maximum atomic E-state index is 14.6. The normalized spacial score (nSPS) is 11.8. The molecular weight excluding hydrogens is 460 g/mol. The highest BCUT2D eigenvalue weighted by atomic mass is 16.1. The highest BCUT2D eigenvalue weighted by molar-refractivity contribution is 6.35. The first-order chi connectivity index (χ1) is 18.8. The van der Waals surface area contributed by atoms with Crippen molar-refractivity contribution in [2.75, 3.05) is 0 Å². The minimum absolute atomic E-state index is 0.0575. The average molecular weight is 483 g/mol. The summed E-state index contributed by atoms with van der Waals surface area (Å²) in [5.74, 6) is 0.0575. The zero-order valence-electron chi connectivity index (χ0n) is 20.6. The van der Waals surface area contributed by atoms with Crippen molar-refractivity contribution in [3.63, 3.8) is 0 Å². The lowest BCUT2D eigenvalue weighted by atomic mass is 9.86. The number of carbonyl (C=O) groups excluding carboxylic acids is 1. The van der Waals surface area contributed by atoms with Crippen molar-refractivity contribution in [3.8, 4) is 0 Å². The third kappa shape index (κ3) is 2.84. The highest BCUT2D eigenvalue weighted by Gasteiger charge is 2.20. The van der Waals surface area contributed by atoms with Gasteiger partial charge in [0.2, 0.25) is 0 Å². The second-order valence-corrected chi connectivity index (χ2v) is 9.97. The summed E-state index contributed by atoms with van der Waals surface area (Å²) in [4.78, 5) is 14.6. The van der Waals surface area contributed by atoms with E-state index in [1.54, 1.807) is 0 Å². The quantitative estimate of drug-likeness (QED) is 0.177. The predicted molar refractivity (Wildman–Crippen MR) is 161 cm³/mol. The molecule has 0 N–H and O–H groups in total. The molecule has 0 unspecified atom stereocenters. The van der Waals surface area contributed by atoms with Gasteiger partial charge in [0.05, 0.1) is 0 Å². The van der Waals surface area contributed by atoms with Crippen LogP contribution in [-0.4, -0.2) is 5.78 Å². The Kier molecular flexibility index (Phi) is 4.44. The van der Waals surface area contributed by atoms with Crippen LogP contribution in [0, 0.1) is 0 Å². The Balaban J connectivity index is 1.52. The molecule has 0 aromatic heterocycles. The Morgan fingerprint density at radius 3 is 0.842 bits per heavy atom. The van der Waals surface area contributed by atoms with Gasteiger partial charge in [-0.2, -0.15) is 0 Å². The second-order valence-electron chi connectivity index (χ2n) is 9.97. The molecule has 8 aromatic rings. The minimum atomic E-state index is 0.0575. The monoisotopic (exact) mass is 482 g/mol. The summed E-state index contributed by atoms with van der Waals surface area (Å²) in [6.45, 7) is 0. The van der Waals surface area contributed by atoms with Crippen LogP contribution in [-0.2, 0) is 0 Å². The molecule has 0 radical (unpaired) electrons. The molecule has 0 saturated heterocycles. The molecule has 8 aromatic carbocycles. The SMILES string of the molecule is O=C(c1cccc2c3ccccc3c3ccccc3c12)c1cccc2c3ccccc3c3ccccc3c12. The van der Waals surface area contributed by atoms with Crippen LogP contribution >= 0.6 is 0 Å². The van der Waals surface area contributed by atoms with Gasteiger partial charge >= 0.3 is 0 Å². The molecule has 0 amide bonds. The number of benzene rings is 8. The fourth-order valence-electron chi connectivity index (χ4n) is 6.44. The molecule has 1 nitrogen and oxygen atoms in total. The Morgan fingerprint density at radius 2 is 0.526 bits per heavy atom. The van der Waals surface area contributed by atoms with E-state index in [1.807, 2.05) is 24.3 Å². The molecule has 1 heteroatoms. The molecule has 38 heavy (non-hydrogen) atoms. The van der Waals surface area contributed by atoms with E-state index in [2.05, 4.69) is 109 Å². The lowest BCUT2D eigenvalue weighted by Gasteiger charge is -2.16. The van der Waals surface area contributed by atoms with E-state index in [0.29, 0.717) is 0 Å². The van der Waals surface area contributed by atoms with Crippen molar-refractivity contribution >= 4 is 70.4 Å². The zero-order chi connectivity index (χ0) is 25.2. The number of fused-ring (bicyclic) bond motifs is 12. The molecule has 8 rings (SSSR count). The van der Waals surface area contributed by atoms with Gasteiger partial charge in [-0.25, -0.2) is 0 Å². The fraction of sp³-hybridized carbons (Fsp3) is 0. The van der Waals surface area contributed by atoms with Gasteiger partial charge in [0.1, 0.15) is 0 Å². The molecule has 0 spiro atoms. The molecule has 176 valence electrons. The summed E-state index contributed by atoms with van der Waals surface area (Å²) < 4.78 is 0. The van der Waals surface area contributed by atoms with Gasteiger partial charge in [0, 0.05) is 21.9 Å². The summed E-state index contributed by atoms with van der Waals surface area (Å²) >= 11 is 0. The first kappa shape index (κ1) is 21.1. The van der Waals surface area contributed by atoms with Gasteiger partial charge in [-0.05, 0) is 53.9 Å². The molecular formula is C37H22O. The molecule has 0 atom stereocenters. The van der Waals surface area contributed by atoms with Crippen LogP contribution in [0.5, 0.6) is 0 Å². The summed E-state index contributed by atoms with van der Waals surface area (Å²) in [7, 11) is 0. The van der Waals surface area contributed by atoms with Crippen LogP contribution in [0.2, 0.25) is 0 Å². The summed E-state index contributed by atoms with van der Waals surface area (Å²) in [5, 5.41) is 13.6. The summed E-state index contributed by atoms with van der Waals surface area (Å²) in [5.41, 5.74) is 1.49. The topological polar surface area (TPSA) is 17.1 Å². The van der Waals surface area contributed by atoms with Crippen molar-refractivity contribution in [2.45, 2.75) is 0 Å². The van der Waals surface area contributed by atoms with E-state index < -0.39 is 0 Å². The maximum Gasteiger partial charge on any atom is 0.194 e. The molecule has 0 aliphatic heterocycles. The largest absolute Gasteiger partial charge is 0.289 e. The van der Waals surface area contributed by atoms with Gasteiger partial charge in [-0.15, -0.1) is 0 Å². The standard InChI is InChI=1S/C37H22O/c38-37(33-21-9-19-31-27-13-3-1-11-23(27)25-15-5-7-17-29(25)35(31)33)34-22-10-20-32-28-14-4-2-12-24(28)26-16-6-8-18-30(26)36(32)34/h1-22H. The highest BCUT2D eigenvalue weighted by Crippen LogP contribution is 2.40. The van der Waals surface area contributed by atoms with Crippen LogP contribution in [0.25, 0.3) is 64.6 Å².